The molecule has 102 valence electrons. The fourth-order valence-electron chi connectivity index (χ4n) is 2.82. The highest BCUT2D eigenvalue weighted by atomic mass is 16.5. The van der Waals surface area contributed by atoms with Gasteiger partial charge >= 0.3 is 0 Å². The number of rotatable bonds is 7. The van der Waals surface area contributed by atoms with Crippen molar-refractivity contribution in [1.82, 2.24) is 10.2 Å². The number of nitrogens with one attached hydrogen (secondary N) is 1. The lowest BCUT2D eigenvalue weighted by Crippen LogP contribution is -2.45. The zero-order chi connectivity index (χ0) is 12.7. The zero-order valence-corrected chi connectivity index (χ0v) is 12.0. The fraction of sp³-hybridized carbons (Fsp3) is 1.00. The molecule has 2 atom stereocenters. The molecule has 1 fully saturated rings. The molecule has 0 saturated carbocycles. The Balaban J connectivity index is 2.25. The van der Waals surface area contributed by atoms with Gasteiger partial charge < -0.3 is 15.0 Å². The topological polar surface area (TPSA) is 24.5 Å². The Morgan fingerprint density at radius 3 is 2.47 bits per heavy atom. The summed E-state index contributed by atoms with van der Waals surface area (Å²) in [6.07, 6.45) is 3.83. The van der Waals surface area contributed by atoms with Crippen molar-refractivity contribution in [3.05, 3.63) is 0 Å². The van der Waals surface area contributed by atoms with Gasteiger partial charge in [-0.1, -0.05) is 6.92 Å². The first-order chi connectivity index (χ1) is 8.19. The molecular weight excluding hydrogens is 212 g/mol. The van der Waals surface area contributed by atoms with E-state index in [0.717, 1.165) is 25.5 Å². The maximum absolute atomic E-state index is 5.16. The molecule has 1 aliphatic heterocycles. The molecule has 1 aliphatic rings. The number of ether oxygens (including phenoxy) is 1. The Hall–Kier alpha value is -0.120. The Bertz CT molecular complexity index is 191. The summed E-state index contributed by atoms with van der Waals surface area (Å²) in [4.78, 5) is 2.62. The average Bonchev–Trinajstić information content (AvgIpc) is 2.36. The minimum absolute atomic E-state index is 0.672. The van der Waals surface area contributed by atoms with Crippen molar-refractivity contribution >= 4 is 0 Å². The molecule has 0 aromatic rings. The highest BCUT2D eigenvalue weighted by molar-refractivity contribution is 4.81. The van der Waals surface area contributed by atoms with Crippen LogP contribution in [0.1, 0.15) is 40.0 Å². The van der Waals surface area contributed by atoms with Gasteiger partial charge in [0.05, 0.1) is 0 Å². The van der Waals surface area contributed by atoms with E-state index in [0.29, 0.717) is 12.1 Å². The highest BCUT2D eigenvalue weighted by Gasteiger charge is 2.25. The fourth-order valence-corrected chi connectivity index (χ4v) is 2.82. The van der Waals surface area contributed by atoms with E-state index in [1.54, 1.807) is 7.11 Å². The van der Waals surface area contributed by atoms with Crippen molar-refractivity contribution in [2.24, 2.45) is 5.92 Å². The summed E-state index contributed by atoms with van der Waals surface area (Å²) in [5.41, 5.74) is 0. The molecule has 0 aromatic carbocycles. The van der Waals surface area contributed by atoms with Gasteiger partial charge in [0.15, 0.2) is 0 Å². The van der Waals surface area contributed by atoms with Crippen molar-refractivity contribution in [2.45, 2.75) is 52.1 Å². The quantitative estimate of drug-likeness (QED) is 0.740. The number of hydrogen-bond acceptors (Lipinski definition) is 3. The summed E-state index contributed by atoms with van der Waals surface area (Å²) in [7, 11) is 1.79. The molecule has 0 amide bonds. The molecule has 17 heavy (non-hydrogen) atoms. The van der Waals surface area contributed by atoms with Crippen LogP contribution in [0.4, 0.5) is 0 Å². The minimum Gasteiger partial charge on any atom is -0.385 e. The zero-order valence-electron chi connectivity index (χ0n) is 12.0. The van der Waals surface area contributed by atoms with Crippen LogP contribution in [0.3, 0.4) is 0 Å². The van der Waals surface area contributed by atoms with Crippen LogP contribution in [0, 0.1) is 5.92 Å². The van der Waals surface area contributed by atoms with Gasteiger partial charge in [-0.15, -0.1) is 0 Å². The van der Waals surface area contributed by atoms with Gasteiger partial charge in [0.2, 0.25) is 0 Å². The van der Waals surface area contributed by atoms with Gasteiger partial charge in [0.1, 0.15) is 0 Å². The number of piperidine rings is 1. The molecule has 1 heterocycles. The number of methoxy groups -OCH3 is 1. The van der Waals surface area contributed by atoms with Crippen molar-refractivity contribution in [1.29, 1.82) is 0 Å². The Kier molecular flexibility index (Phi) is 7.09. The van der Waals surface area contributed by atoms with Gasteiger partial charge in [-0.25, -0.2) is 0 Å². The lowest BCUT2D eigenvalue weighted by molar-refractivity contribution is 0.0984. The predicted molar refractivity (Wildman–Crippen MR) is 73.4 cm³/mol. The summed E-state index contributed by atoms with van der Waals surface area (Å²) in [5, 5.41) is 3.56. The lowest BCUT2D eigenvalue weighted by atomic mass is 9.89. The largest absolute Gasteiger partial charge is 0.385 e. The van der Waals surface area contributed by atoms with Gasteiger partial charge in [-0.2, -0.15) is 0 Å². The van der Waals surface area contributed by atoms with Gasteiger partial charge in [-0.3, -0.25) is 0 Å². The van der Waals surface area contributed by atoms with E-state index in [1.807, 2.05) is 0 Å². The van der Waals surface area contributed by atoms with Crippen LogP contribution >= 0.6 is 0 Å². The molecule has 0 aliphatic carbocycles. The normalized spacial score (nSPS) is 22.6. The third kappa shape index (κ3) is 4.94. The molecule has 1 saturated heterocycles. The minimum atomic E-state index is 0.672. The van der Waals surface area contributed by atoms with E-state index in [-0.39, 0.29) is 0 Å². The molecule has 0 bridgehead atoms. The molecule has 2 unspecified atom stereocenters. The lowest BCUT2D eigenvalue weighted by Gasteiger charge is -2.38. The molecule has 0 spiro atoms. The summed E-state index contributed by atoms with van der Waals surface area (Å²) in [6, 6.07) is 1.35. The second-order valence-electron chi connectivity index (χ2n) is 5.35. The summed E-state index contributed by atoms with van der Waals surface area (Å²) in [5.74, 6) is 0.862. The van der Waals surface area contributed by atoms with Crippen LogP contribution in [-0.2, 0) is 4.74 Å². The molecule has 1 N–H and O–H groups in total. The number of likely N-dealkylation sites (tertiary alicyclic amines) is 1. The van der Waals surface area contributed by atoms with Gasteiger partial charge in [0, 0.05) is 25.8 Å². The van der Waals surface area contributed by atoms with Crippen molar-refractivity contribution < 1.29 is 4.74 Å². The van der Waals surface area contributed by atoms with Crippen molar-refractivity contribution in [3.63, 3.8) is 0 Å². The number of nitrogens with zero attached hydrogens (tertiary/aromatic N) is 1. The molecular formula is C14H30N2O. The first kappa shape index (κ1) is 14.9. The summed E-state index contributed by atoms with van der Waals surface area (Å²) >= 11 is 0. The Morgan fingerprint density at radius 2 is 1.94 bits per heavy atom. The van der Waals surface area contributed by atoms with E-state index >= 15 is 0 Å². The SMILES string of the molecule is CCNC(C)C1CCN(C(C)CCOC)CC1. The average molecular weight is 242 g/mol. The first-order valence-corrected chi connectivity index (χ1v) is 7.15. The van der Waals surface area contributed by atoms with Crippen LogP contribution < -0.4 is 5.32 Å². The third-order valence-corrected chi connectivity index (χ3v) is 4.17. The van der Waals surface area contributed by atoms with Gasteiger partial charge in [0.25, 0.3) is 0 Å². The van der Waals surface area contributed by atoms with Crippen LogP contribution in [0.15, 0.2) is 0 Å². The smallest absolute Gasteiger partial charge is 0.0477 e. The van der Waals surface area contributed by atoms with E-state index in [2.05, 4.69) is 31.0 Å². The van der Waals surface area contributed by atoms with Gasteiger partial charge in [-0.05, 0) is 58.7 Å². The van der Waals surface area contributed by atoms with Crippen LogP contribution in [0.5, 0.6) is 0 Å². The predicted octanol–water partition coefficient (Wildman–Crippen LogP) is 2.12. The van der Waals surface area contributed by atoms with E-state index in [9.17, 15) is 0 Å². The molecule has 3 heteroatoms. The molecule has 3 nitrogen and oxygen atoms in total. The van der Waals surface area contributed by atoms with Crippen molar-refractivity contribution in [2.75, 3.05) is 33.4 Å². The van der Waals surface area contributed by atoms with Crippen molar-refractivity contribution in [3.8, 4) is 0 Å². The monoisotopic (exact) mass is 242 g/mol. The third-order valence-electron chi connectivity index (χ3n) is 4.17. The Labute approximate surface area is 107 Å². The van der Waals surface area contributed by atoms with Crippen LogP contribution in [0.25, 0.3) is 0 Å². The summed E-state index contributed by atoms with van der Waals surface area (Å²) < 4.78 is 5.16. The number of hydrogen-bond donors (Lipinski definition) is 1. The maximum Gasteiger partial charge on any atom is 0.0477 e. The Morgan fingerprint density at radius 1 is 1.29 bits per heavy atom. The van der Waals surface area contributed by atoms with Crippen LogP contribution in [0.2, 0.25) is 0 Å². The standard InChI is InChI=1S/C14H30N2O/c1-5-15-13(3)14-6-9-16(10-7-14)12(2)8-11-17-4/h12-15H,5-11H2,1-4H3. The van der Waals surface area contributed by atoms with Crippen LogP contribution in [-0.4, -0.2) is 50.3 Å². The molecule has 0 aromatic heterocycles. The molecule has 0 radical (unpaired) electrons. The second kappa shape index (κ2) is 8.06. The summed E-state index contributed by atoms with van der Waals surface area (Å²) in [6.45, 7) is 11.3. The maximum atomic E-state index is 5.16. The van der Waals surface area contributed by atoms with E-state index < -0.39 is 0 Å². The van der Waals surface area contributed by atoms with E-state index in [4.69, 9.17) is 4.74 Å². The van der Waals surface area contributed by atoms with E-state index in [1.165, 1.54) is 25.9 Å². The highest BCUT2D eigenvalue weighted by Crippen LogP contribution is 2.22. The molecule has 1 rings (SSSR count). The first-order valence-electron chi connectivity index (χ1n) is 7.15. The second-order valence-corrected chi connectivity index (χ2v) is 5.35.